The zero-order valence-corrected chi connectivity index (χ0v) is 18.4. The zero-order chi connectivity index (χ0) is 21.5. The summed E-state index contributed by atoms with van der Waals surface area (Å²) in [7, 11) is -1.85. The Kier molecular flexibility index (Phi) is 5.70. The van der Waals surface area contributed by atoms with Crippen LogP contribution in [-0.2, 0) is 19.6 Å². The molecule has 2 aromatic rings. The van der Waals surface area contributed by atoms with Crippen molar-refractivity contribution in [3.05, 3.63) is 63.9 Å². The van der Waals surface area contributed by atoms with E-state index in [2.05, 4.69) is 4.98 Å². The second-order valence-corrected chi connectivity index (χ2v) is 10.2. The molecule has 0 radical (unpaired) electrons. The smallest absolute Gasteiger partial charge is 0.338 e. The average molecular weight is 447 g/mol. The Morgan fingerprint density at radius 1 is 1.23 bits per heavy atom. The van der Waals surface area contributed by atoms with Crippen LogP contribution in [0.2, 0.25) is 5.02 Å². The summed E-state index contributed by atoms with van der Waals surface area (Å²) in [6.07, 6.45) is 6.22. The number of sulfonamides is 1. The van der Waals surface area contributed by atoms with Gasteiger partial charge in [0.2, 0.25) is 10.0 Å². The molecule has 1 fully saturated rings. The minimum absolute atomic E-state index is 0.0754. The number of halogens is 1. The molecule has 1 atom stereocenters. The number of carbonyl (C=O) groups is 1. The fourth-order valence-electron chi connectivity index (χ4n) is 4.52. The van der Waals surface area contributed by atoms with E-state index in [4.69, 9.17) is 16.3 Å². The van der Waals surface area contributed by atoms with E-state index < -0.39 is 16.0 Å². The fraction of sp³-hybridized carbons (Fsp3) is 0.364. The number of ether oxygens (including phenoxy) is 1. The zero-order valence-electron chi connectivity index (χ0n) is 16.8. The van der Waals surface area contributed by atoms with Crippen LogP contribution in [0.25, 0.3) is 11.6 Å². The van der Waals surface area contributed by atoms with Gasteiger partial charge in [-0.3, -0.25) is 4.98 Å². The van der Waals surface area contributed by atoms with Gasteiger partial charge in [0.05, 0.1) is 24.6 Å². The molecule has 1 unspecified atom stereocenters. The number of esters is 1. The predicted molar refractivity (Wildman–Crippen MR) is 117 cm³/mol. The number of fused-ring (bicyclic) bond motifs is 2. The predicted octanol–water partition coefficient (Wildman–Crippen LogP) is 3.57. The largest absolute Gasteiger partial charge is 0.465 e. The van der Waals surface area contributed by atoms with Crippen LogP contribution in [0.1, 0.15) is 41.1 Å². The molecule has 0 bridgehead atoms. The molecule has 1 aromatic heterocycles. The van der Waals surface area contributed by atoms with Crippen LogP contribution in [0.15, 0.2) is 36.5 Å². The molecular weight excluding hydrogens is 424 g/mol. The molecule has 2 aliphatic rings. The Labute approximate surface area is 181 Å². The molecule has 4 rings (SSSR count). The number of carbonyl (C=O) groups excluding carboxylic acids is 1. The summed E-state index contributed by atoms with van der Waals surface area (Å²) in [5.41, 5.74) is 3.90. The maximum Gasteiger partial charge on any atom is 0.338 e. The van der Waals surface area contributed by atoms with Crippen LogP contribution in [0.4, 0.5) is 0 Å². The van der Waals surface area contributed by atoms with Crippen LogP contribution < -0.4 is 0 Å². The maximum absolute atomic E-state index is 12.6. The van der Waals surface area contributed by atoms with Gasteiger partial charge in [-0.05, 0) is 54.2 Å². The summed E-state index contributed by atoms with van der Waals surface area (Å²) in [5, 5.41) is 0.582. The summed E-state index contributed by atoms with van der Waals surface area (Å²) in [6, 6.07) is 9.38. The van der Waals surface area contributed by atoms with Crippen molar-refractivity contribution < 1.29 is 17.9 Å². The summed E-state index contributed by atoms with van der Waals surface area (Å²) < 4.78 is 30.5. The molecule has 1 aliphatic carbocycles. The Balaban J connectivity index is 1.84. The number of aromatic nitrogens is 1. The number of rotatable bonds is 3. The molecule has 0 spiro atoms. The van der Waals surface area contributed by atoms with Crippen LogP contribution in [0, 0.1) is 5.92 Å². The Hall–Kier alpha value is -2.22. The quantitative estimate of drug-likeness (QED) is 0.673. The first-order valence-electron chi connectivity index (χ1n) is 9.79. The van der Waals surface area contributed by atoms with E-state index in [0.29, 0.717) is 36.5 Å². The highest BCUT2D eigenvalue weighted by molar-refractivity contribution is 7.88. The monoisotopic (exact) mass is 446 g/mol. The van der Waals surface area contributed by atoms with Crippen molar-refractivity contribution in [2.24, 2.45) is 5.92 Å². The van der Waals surface area contributed by atoms with Crippen molar-refractivity contribution in [1.29, 1.82) is 0 Å². The lowest BCUT2D eigenvalue weighted by molar-refractivity contribution is -0.133. The first-order valence-corrected chi connectivity index (χ1v) is 12.0. The first kappa shape index (κ1) is 21.0. The van der Waals surface area contributed by atoms with E-state index in [9.17, 15) is 13.2 Å². The third kappa shape index (κ3) is 3.89. The lowest BCUT2D eigenvalue weighted by Gasteiger charge is -2.35. The fourth-order valence-corrected chi connectivity index (χ4v) is 5.58. The van der Waals surface area contributed by atoms with Gasteiger partial charge in [-0.1, -0.05) is 23.7 Å². The topological polar surface area (TPSA) is 76.6 Å². The number of nitrogens with zero attached hydrogens (tertiary/aromatic N) is 2. The highest BCUT2D eigenvalue weighted by atomic mass is 35.5. The lowest BCUT2D eigenvalue weighted by atomic mass is 9.76. The summed E-state index contributed by atoms with van der Waals surface area (Å²) in [5.74, 6) is -0.321. The highest BCUT2D eigenvalue weighted by Crippen LogP contribution is 2.45. The van der Waals surface area contributed by atoms with Crippen molar-refractivity contribution in [3.8, 4) is 0 Å². The van der Waals surface area contributed by atoms with Gasteiger partial charge in [0.25, 0.3) is 0 Å². The van der Waals surface area contributed by atoms with Gasteiger partial charge in [0.1, 0.15) is 0 Å². The van der Waals surface area contributed by atoms with E-state index in [0.717, 1.165) is 22.4 Å². The highest BCUT2D eigenvalue weighted by Gasteiger charge is 2.36. The second-order valence-electron chi connectivity index (χ2n) is 7.74. The van der Waals surface area contributed by atoms with Crippen molar-refractivity contribution in [3.63, 3.8) is 0 Å². The van der Waals surface area contributed by atoms with Gasteiger partial charge in [0.15, 0.2) is 0 Å². The molecule has 2 heterocycles. The lowest BCUT2D eigenvalue weighted by Crippen LogP contribution is -2.39. The second kappa shape index (κ2) is 8.13. The van der Waals surface area contributed by atoms with Gasteiger partial charge < -0.3 is 4.74 Å². The van der Waals surface area contributed by atoms with Gasteiger partial charge in [-0.25, -0.2) is 17.5 Å². The number of benzene rings is 1. The molecule has 1 saturated heterocycles. The number of hydrogen-bond donors (Lipinski definition) is 0. The molecule has 0 saturated carbocycles. The Bertz CT molecular complexity index is 1120. The Morgan fingerprint density at radius 2 is 1.97 bits per heavy atom. The normalized spacial score (nSPS) is 20.0. The molecule has 0 amide bonds. The minimum Gasteiger partial charge on any atom is -0.465 e. The van der Waals surface area contributed by atoms with Crippen molar-refractivity contribution in [2.75, 3.05) is 26.5 Å². The summed E-state index contributed by atoms with van der Waals surface area (Å²) >= 11 is 6.27. The summed E-state index contributed by atoms with van der Waals surface area (Å²) in [4.78, 5) is 17.3. The van der Waals surface area contributed by atoms with Gasteiger partial charge in [-0.2, -0.15) is 0 Å². The standard InChI is InChI=1S/C22H23ClN2O4S/c1-29-22(26)19-13-15-12-16(23)5-6-17(15)20(21-18(19)4-3-9-24-21)14-7-10-25(11-8-14)30(2,27)28/h3-6,9,12-14,20H,7-8,10-11H2,1-2H3. The number of pyridine rings is 1. The molecule has 6 nitrogen and oxygen atoms in total. The molecular formula is C22H23ClN2O4S. The molecule has 158 valence electrons. The number of piperidine rings is 1. The summed E-state index contributed by atoms with van der Waals surface area (Å²) in [6.45, 7) is 0.949. The van der Waals surface area contributed by atoms with Gasteiger partial charge in [-0.15, -0.1) is 0 Å². The van der Waals surface area contributed by atoms with Crippen LogP contribution in [0.3, 0.4) is 0 Å². The molecule has 0 N–H and O–H groups in total. The third-order valence-corrected chi connectivity index (χ3v) is 7.49. The Morgan fingerprint density at radius 3 is 2.63 bits per heavy atom. The van der Waals surface area contributed by atoms with Crippen molar-refractivity contribution in [2.45, 2.75) is 18.8 Å². The molecule has 1 aromatic carbocycles. The van der Waals surface area contributed by atoms with Crippen molar-refractivity contribution in [1.82, 2.24) is 9.29 Å². The molecule has 1 aliphatic heterocycles. The first-order chi connectivity index (χ1) is 14.3. The van der Waals surface area contributed by atoms with Crippen LogP contribution >= 0.6 is 11.6 Å². The van der Waals surface area contributed by atoms with E-state index in [1.54, 1.807) is 6.20 Å². The number of hydrogen-bond acceptors (Lipinski definition) is 5. The van der Waals surface area contributed by atoms with Gasteiger partial charge in [0, 0.05) is 35.8 Å². The van der Waals surface area contributed by atoms with Crippen molar-refractivity contribution >= 4 is 39.2 Å². The average Bonchev–Trinajstić information content (AvgIpc) is 2.87. The molecule has 8 heteroatoms. The van der Waals surface area contributed by atoms with E-state index in [-0.39, 0.29) is 11.8 Å². The van der Waals surface area contributed by atoms with Crippen LogP contribution in [-0.4, -0.2) is 50.1 Å². The van der Waals surface area contributed by atoms with Crippen LogP contribution in [0.5, 0.6) is 0 Å². The molecule has 30 heavy (non-hydrogen) atoms. The van der Waals surface area contributed by atoms with Gasteiger partial charge >= 0.3 is 5.97 Å². The third-order valence-electron chi connectivity index (χ3n) is 5.95. The number of methoxy groups -OCH3 is 1. The van der Waals surface area contributed by atoms with E-state index in [1.165, 1.54) is 17.7 Å². The minimum atomic E-state index is -3.21. The van der Waals surface area contributed by atoms with E-state index >= 15 is 0 Å². The van der Waals surface area contributed by atoms with E-state index in [1.807, 2.05) is 36.4 Å². The SMILES string of the molecule is COC(=O)C1=Cc2cc(Cl)ccc2C(C2CCN(S(C)(=O)=O)CC2)c2ncccc21. The maximum atomic E-state index is 12.6.